The molecule has 1 heterocycles. The van der Waals surface area contributed by atoms with Crippen LogP contribution in [-0.2, 0) is 13.6 Å². The van der Waals surface area contributed by atoms with Crippen LogP contribution in [0.1, 0.15) is 11.3 Å². The van der Waals surface area contributed by atoms with Gasteiger partial charge in [-0.3, -0.25) is 4.68 Å². The first-order valence-electron chi connectivity index (χ1n) is 6.06. The van der Waals surface area contributed by atoms with Crippen LogP contribution in [0, 0.1) is 6.92 Å². The van der Waals surface area contributed by atoms with E-state index in [4.69, 9.17) is 15.2 Å². The summed E-state index contributed by atoms with van der Waals surface area (Å²) in [7, 11) is 5.19. The summed E-state index contributed by atoms with van der Waals surface area (Å²) in [6, 6.07) is 3.92. The van der Waals surface area contributed by atoms with Gasteiger partial charge in [-0.2, -0.15) is 5.10 Å². The van der Waals surface area contributed by atoms with E-state index in [2.05, 4.69) is 5.10 Å². The molecule has 0 amide bonds. The number of hydrogen-bond donors (Lipinski definition) is 1. The Bertz CT molecular complexity index is 591. The van der Waals surface area contributed by atoms with Crippen molar-refractivity contribution in [2.45, 2.75) is 13.5 Å². The van der Waals surface area contributed by atoms with Crippen molar-refractivity contribution in [1.82, 2.24) is 9.78 Å². The third-order valence-corrected chi connectivity index (χ3v) is 3.26. The number of rotatable bonds is 4. The maximum atomic E-state index is 5.79. The molecular formula is C14H19N3O2. The lowest BCUT2D eigenvalue weighted by Gasteiger charge is -2.13. The minimum absolute atomic E-state index is 0.422. The Labute approximate surface area is 112 Å². The van der Waals surface area contributed by atoms with E-state index in [0.29, 0.717) is 6.54 Å². The van der Waals surface area contributed by atoms with E-state index in [0.717, 1.165) is 33.9 Å². The van der Waals surface area contributed by atoms with E-state index in [-0.39, 0.29) is 0 Å². The normalized spacial score (nSPS) is 10.6. The molecule has 1 aromatic carbocycles. The van der Waals surface area contributed by atoms with Crippen molar-refractivity contribution >= 4 is 0 Å². The zero-order chi connectivity index (χ0) is 14.0. The van der Waals surface area contributed by atoms with Crippen molar-refractivity contribution in [2.24, 2.45) is 12.8 Å². The average molecular weight is 261 g/mol. The van der Waals surface area contributed by atoms with Gasteiger partial charge in [-0.25, -0.2) is 0 Å². The summed E-state index contributed by atoms with van der Waals surface area (Å²) >= 11 is 0. The zero-order valence-corrected chi connectivity index (χ0v) is 11.7. The monoisotopic (exact) mass is 261 g/mol. The smallest absolute Gasteiger partial charge is 0.127 e. The zero-order valence-electron chi connectivity index (χ0n) is 11.7. The molecule has 0 saturated carbocycles. The summed E-state index contributed by atoms with van der Waals surface area (Å²) < 4.78 is 12.6. The Balaban J connectivity index is 2.66. The van der Waals surface area contributed by atoms with E-state index >= 15 is 0 Å². The van der Waals surface area contributed by atoms with Crippen LogP contribution < -0.4 is 15.2 Å². The lowest BCUT2D eigenvalue weighted by molar-refractivity contribution is 0.402. The third-order valence-electron chi connectivity index (χ3n) is 3.26. The summed E-state index contributed by atoms with van der Waals surface area (Å²) in [6.45, 7) is 2.41. The second kappa shape index (κ2) is 5.32. The second-order valence-electron chi connectivity index (χ2n) is 4.35. The number of methoxy groups -OCH3 is 2. The summed E-state index contributed by atoms with van der Waals surface area (Å²) in [5.74, 6) is 1.61. The Morgan fingerprint density at radius 3 is 2.42 bits per heavy atom. The molecule has 2 rings (SSSR count). The van der Waals surface area contributed by atoms with Crippen molar-refractivity contribution in [3.8, 4) is 22.6 Å². The quantitative estimate of drug-likeness (QED) is 0.912. The number of aromatic nitrogens is 2. The van der Waals surface area contributed by atoms with Gasteiger partial charge in [0.1, 0.15) is 11.5 Å². The molecule has 0 aliphatic heterocycles. The van der Waals surface area contributed by atoms with Gasteiger partial charge >= 0.3 is 0 Å². The predicted molar refractivity (Wildman–Crippen MR) is 74.4 cm³/mol. The standard InChI is InChI=1S/C14H19N3O2/c1-9-5-14(19-4)10(6-13(9)18-3)11-8-16-17(2)12(11)7-15/h5-6,8H,7,15H2,1-4H3. The van der Waals surface area contributed by atoms with E-state index in [1.807, 2.05) is 26.1 Å². The van der Waals surface area contributed by atoms with Crippen molar-refractivity contribution in [1.29, 1.82) is 0 Å². The molecule has 0 radical (unpaired) electrons. The lowest BCUT2D eigenvalue weighted by atomic mass is 10.0. The van der Waals surface area contributed by atoms with E-state index in [1.165, 1.54) is 0 Å². The van der Waals surface area contributed by atoms with Gasteiger partial charge in [-0.15, -0.1) is 0 Å². The van der Waals surface area contributed by atoms with Gasteiger partial charge in [0.05, 0.1) is 26.1 Å². The van der Waals surface area contributed by atoms with Gasteiger partial charge in [0, 0.05) is 24.7 Å². The van der Waals surface area contributed by atoms with Gasteiger partial charge < -0.3 is 15.2 Å². The van der Waals surface area contributed by atoms with Crippen molar-refractivity contribution in [3.05, 3.63) is 29.6 Å². The molecule has 0 aliphatic carbocycles. The SMILES string of the molecule is COc1cc(-c2cnn(C)c2CN)c(OC)cc1C. The van der Waals surface area contributed by atoms with E-state index in [9.17, 15) is 0 Å². The van der Waals surface area contributed by atoms with Crippen LogP contribution in [0.25, 0.3) is 11.1 Å². The van der Waals surface area contributed by atoms with Crippen LogP contribution in [0.3, 0.4) is 0 Å². The Morgan fingerprint density at radius 2 is 1.84 bits per heavy atom. The number of nitrogens with two attached hydrogens (primary N) is 1. The van der Waals surface area contributed by atoms with Crippen LogP contribution in [0.2, 0.25) is 0 Å². The summed E-state index contributed by atoms with van der Waals surface area (Å²) in [5, 5.41) is 4.26. The molecule has 0 atom stereocenters. The highest BCUT2D eigenvalue weighted by atomic mass is 16.5. The summed E-state index contributed by atoms with van der Waals surface area (Å²) in [5.41, 5.74) is 9.70. The largest absolute Gasteiger partial charge is 0.496 e. The Morgan fingerprint density at radius 1 is 1.16 bits per heavy atom. The molecule has 19 heavy (non-hydrogen) atoms. The highest BCUT2D eigenvalue weighted by Gasteiger charge is 2.16. The fourth-order valence-electron chi connectivity index (χ4n) is 2.19. The molecule has 0 fully saturated rings. The third kappa shape index (κ3) is 2.29. The van der Waals surface area contributed by atoms with E-state index < -0.39 is 0 Å². The highest BCUT2D eigenvalue weighted by Crippen LogP contribution is 2.37. The fourth-order valence-corrected chi connectivity index (χ4v) is 2.19. The van der Waals surface area contributed by atoms with Gasteiger partial charge in [-0.05, 0) is 24.6 Å². The van der Waals surface area contributed by atoms with Crippen LogP contribution in [-0.4, -0.2) is 24.0 Å². The fraction of sp³-hybridized carbons (Fsp3) is 0.357. The van der Waals surface area contributed by atoms with Gasteiger partial charge in [0.25, 0.3) is 0 Å². The molecule has 0 bridgehead atoms. The van der Waals surface area contributed by atoms with Crippen molar-refractivity contribution in [2.75, 3.05) is 14.2 Å². The number of aryl methyl sites for hydroxylation is 2. The van der Waals surface area contributed by atoms with Crippen LogP contribution in [0.15, 0.2) is 18.3 Å². The topological polar surface area (TPSA) is 62.3 Å². The molecule has 102 valence electrons. The number of ether oxygens (including phenoxy) is 2. The summed E-state index contributed by atoms with van der Waals surface area (Å²) in [6.07, 6.45) is 1.80. The lowest BCUT2D eigenvalue weighted by Crippen LogP contribution is -2.06. The number of nitrogens with zero attached hydrogens (tertiary/aromatic N) is 2. The van der Waals surface area contributed by atoms with Crippen LogP contribution in [0.5, 0.6) is 11.5 Å². The first-order chi connectivity index (χ1) is 9.12. The van der Waals surface area contributed by atoms with Gasteiger partial charge in [-0.1, -0.05) is 0 Å². The highest BCUT2D eigenvalue weighted by molar-refractivity contribution is 5.74. The molecule has 5 heteroatoms. The minimum atomic E-state index is 0.422. The van der Waals surface area contributed by atoms with Crippen molar-refractivity contribution < 1.29 is 9.47 Å². The summed E-state index contributed by atoms with van der Waals surface area (Å²) in [4.78, 5) is 0. The molecular weight excluding hydrogens is 242 g/mol. The molecule has 0 spiro atoms. The second-order valence-corrected chi connectivity index (χ2v) is 4.35. The molecule has 0 saturated heterocycles. The maximum Gasteiger partial charge on any atom is 0.127 e. The number of hydrogen-bond acceptors (Lipinski definition) is 4. The van der Waals surface area contributed by atoms with Crippen LogP contribution in [0.4, 0.5) is 0 Å². The number of benzene rings is 1. The Hall–Kier alpha value is -2.01. The molecule has 0 aliphatic rings. The maximum absolute atomic E-state index is 5.79. The van der Waals surface area contributed by atoms with Crippen LogP contribution >= 0.6 is 0 Å². The van der Waals surface area contributed by atoms with Gasteiger partial charge in [0.2, 0.25) is 0 Å². The average Bonchev–Trinajstić information content (AvgIpc) is 2.79. The molecule has 2 aromatic rings. The molecule has 0 unspecified atom stereocenters. The molecule has 1 aromatic heterocycles. The first-order valence-corrected chi connectivity index (χ1v) is 6.06. The molecule has 2 N–H and O–H groups in total. The first kappa shape index (κ1) is 13.4. The van der Waals surface area contributed by atoms with Crippen molar-refractivity contribution in [3.63, 3.8) is 0 Å². The predicted octanol–water partition coefficient (Wildman–Crippen LogP) is 1.87. The van der Waals surface area contributed by atoms with E-state index in [1.54, 1.807) is 25.1 Å². The minimum Gasteiger partial charge on any atom is -0.496 e. The van der Waals surface area contributed by atoms with Gasteiger partial charge in [0.15, 0.2) is 0 Å². The molecule has 5 nitrogen and oxygen atoms in total. The Kier molecular flexibility index (Phi) is 3.76.